The molecule has 0 aliphatic carbocycles. The summed E-state index contributed by atoms with van der Waals surface area (Å²) in [6.45, 7) is 3.31. The molecule has 0 atom stereocenters. The van der Waals surface area contributed by atoms with Crippen molar-refractivity contribution in [3.8, 4) is 0 Å². The summed E-state index contributed by atoms with van der Waals surface area (Å²) in [5, 5.41) is 10.4. The van der Waals surface area contributed by atoms with Crippen molar-refractivity contribution in [2.45, 2.75) is 24.1 Å². The third-order valence-electron chi connectivity index (χ3n) is 1.57. The van der Waals surface area contributed by atoms with Crippen molar-refractivity contribution < 1.29 is 13.3 Å². The van der Waals surface area contributed by atoms with Crippen LogP contribution in [0.2, 0.25) is 0 Å². The van der Waals surface area contributed by atoms with Gasteiger partial charge < -0.3 is 5.73 Å². The first-order valence-electron chi connectivity index (χ1n) is 4.30. The highest BCUT2D eigenvalue weighted by Gasteiger charge is 2.24. The van der Waals surface area contributed by atoms with E-state index in [4.69, 9.17) is 5.73 Å². The quantitative estimate of drug-likeness (QED) is 0.620. The molecule has 0 aliphatic heterocycles. The second-order valence-corrected chi connectivity index (χ2v) is 6.37. The number of nitrogens with one attached hydrogen (secondary N) is 1. The van der Waals surface area contributed by atoms with Crippen molar-refractivity contribution in [3.05, 3.63) is 16.2 Å². The van der Waals surface area contributed by atoms with E-state index in [2.05, 4.69) is 4.72 Å². The molecular weight excluding hydrogens is 254 g/mol. The molecule has 1 aromatic rings. The number of nitrogen functional groups attached to an aromatic ring is 1. The lowest BCUT2D eigenvalue weighted by molar-refractivity contribution is -0.383. The summed E-state index contributed by atoms with van der Waals surface area (Å²) in [5.41, 5.74) is 4.97. The molecule has 0 radical (unpaired) electrons. The summed E-state index contributed by atoms with van der Waals surface area (Å²) in [6.07, 6.45) is 0. The fourth-order valence-electron chi connectivity index (χ4n) is 1.02. The van der Waals surface area contributed by atoms with Gasteiger partial charge in [0.25, 0.3) is 10.0 Å². The van der Waals surface area contributed by atoms with Crippen molar-refractivity contribution in [3.63, 3.8) is 0 Å². The molecule has 0 amide bonds. The van der Waals surface area contributed by atoms with Gasteiger partial charge in [-0.25, -0.2) is 13.1 Å². The normalized spacial score (nSPS) is 11.9. The second kappa shape index (κ2) is 4.36. The third-order valence-corrected chi connectivity index (χ3v) is 4.66. The standard InChI is InChI=1S/C7H11N3O4S2/c1-4(2)9-16(13,14)6-3-5(10(11)12)7(8)15-6/h3-4,9H,8H2,1-2H3. The number of nitrogens with two attached hydrogens (primary N) is 1. The number of hydrogen-bond donors (Lipinski definition) is 2. The van der Waals surface area contributed by atoms with Gasteiger partial charge in [0, 0.05) is 12.1 Å². The number of sulfonamides is 1. The number of nitrogens with zero attached hydrogens (tertiary/aromatic N) is 1. The summed E-state index contributed by atoms with van der Waals surface area (Å²) >= 11 is 0.677. The first-order valence-corrected chi connectivity index (χ1v) is 6.60. The highest BCUT2D eigenvalue weighted by Crippen LogP contribution is 2.34. The van der Waals surface area contributed by atoms with E-state index in [0.717, 1.165) is 6.07 Å². The molecule has 0 aromatic carbocycles. The van der Waals surface area contributed by atoms with E-state index in [0.29, 0.717) is 11.3 Å². The van der Waals surface area contributed by atoms with E-state index in [1.807, 2.05) is 0 Å². The van der Waals surface area contributed by atoms with Gasteiger partial charge >= 0.3 is 5.69 Å². The van der Waals surface area contributed by atoms with Gasteiger partial charge in [-0.15, -0.1) is 0 Å². The Morgan fingerprint density at radius 1 is 1.56 bits per heavy atom. The van der Waals surface area contributed by atoms with Gasteiger partial charge in [0.1, 0.15) is 4.21 Å². The molecule has 3 N–H and O–H groups in total. The maximum absolute atomic E-state index is 11.7. The summed E-state index contributed by atoms with van der Waals surface area (Å²) in [7, 11) is -3.71. The third kappa shape index (κ3) is 2.68. The van der Waals surface area contributed by atoms with Crippen molar-refractivity contribution in [1.29, 1.82) is 0 Å². The van der Waals surface area contributed by atoms with Crippen LogP contribution < -0.4 is 10.5 Å². The van der Waals surface area contributed by atoms with Crippen molar-refractivity contribution in [2.24, 2.45) is 0 Å². The maximum atomic E-state index is 11.7. The lowest BCUT2D eigenvalue weighted by Crippen LogP contribution is -2.29. The number of anilines is 1. The maximum Gasteiger partial charge on any atom is 0.304 e. The van der Waals surface area contributed by atoms with E-state index < -0.39 is 14.9 Å². The van der Waals surface area contributed by atoms with Gasteiger partial charge in [0.05, 0.1) is 4.92 Å². The zero-order valence-corrected chi connectivity index (χ0v) is 10.3. The molecule has 0 saturated heterocycles. The number of hydrogen-bond acceptors (Lipinski definition) is 6. The summed E-state index contributed by atoms with van der Waals surface area (Å²) in [5.74, 6) is 0. The Morgan fingerprint density at radius 2 is 2.12 bits per heavy atom. The SMILES string of the molecule is CC(C)NS(=O)(=O)c1cc([N+](=O)[O-])c(N)s1. The van der Waals surface area contributed by atoms with Crippen molar-refractivity contribution in [2.75, 3.05) is 5.73 Å². The van der Waals surface area contributed by atoms with E-state index in [9.17, 15) is 18.5 Å². The zero-order chi connectivity index (χ0) is 12.5. The summed E-state index contributed by atoms with van der Waals surface area (Å²) in [4.78, 5) is 9.79. The monoisotopic (exact) mass is 265 g/mol. The van der Waals surface area contributed by atoms with Crippen LogP contribution in [0.5, 0.6) is 0 Å². The Kier molecular flexibility index (Phi) is 3.51. The Labute approximate surface area is 96.5 Å². The molecule has 0 fully saturated rings. The largest absolute Gasteiger partial charge is 0.385 e. The van der Waals surface area contributed by atoms with E-state index in [1.165, 1.54) is 0 Å². The highest BCUT2D eigenvalue weighted by molar-refractivity contribution is 7.91. The van der Waals surface area contributed by atoms with Gasteiger partial charge in [0.2, 0.25) is 0 Å². The summed E-state index contributed by atoms with van der Waals surface area (Å²) < 4.78 is 25.5. The van der Waals surface area contributed by atoms with Crippen molar-refractivity contribution in [1.82, 2.24) is 4.72 Å². The fraction of sp³-hybridized carbons (Fsp3) is 0.429. The van der Waals surface area contributed by atoms with Gasteiger partial charge in [-0.05, 0) is 13.8 Å². The zero-order valence-electron chi connectivity index (χ0n) is 8.63. The van der Waals surface area contributed by atoms with Crippen LogP contribution in [-0.4, -0.2) is 19.4 Å². The molecule has 1 heterocycles. The number of nitro groups is 1. The van der Waals surface area contributed by atoms with E-state index in [-0.39, 0.29) is 20.9 Å². The average Bonchev–Trinajstić information content (AvgIpc) is 2.45. The van der Waals surface area contributed by atoms with Crippen LogP contribution in [0.15, 0.2) is 10.3 Å². The molecule has 0 bridgehead atoms. The lowest BCUT2D eigenvalue weighted by Gasteiger charge is -2.06. The molecule has 9 heteroatoms. The molecular formula is C7H11N3O4S2. The molecule has 1 aromatic heterocycles. The molecule has 7 nitrogen and oxygen atoms in total. The van der Waals surface area contributed by atoms with Crippen LogP contribution >= 0.6 is 11.3 Å². The van der Waals surface area contributed by atoms with E-state index >= 15 is 0 Å². The summed E-state index contributed by atoms with van der Waals surface area (Å²) in [6, 6.07) is 0.678. The Bertz CT molecular complexity index is 506. The second-order valence-electron chi connectivity index (χ2n) is 3.35. The molecule has 0 spiro atoms. The number of rotatable bonds is 4. The average molecular weight is 265 g/mol. The van der Waals surface area contributed by atoms with Crippen LogP contribution in [-0.2, 0) is 10.0 Å². The lowest BCUT2D eigenvalue weighted by atomic mass is 10.4. The van der Waals surface area contributed by atoms with Crippen molar-refractivity contribution >= 4 is 32.0 Å². The smallest absolute Gasteiger partial charge is 0.304 e. The minimum atomic E-state index is -3.71. The molecule has 16 heavy (non-hydrogen) atoms. The Morgan fingerprint density at radius 3 is 2.50 bits per heavy atom. The first kappa shape index (κ1) is 12.9. The fourth-order valence-corrected chi connectivity index (χ4v) is 3.50. The van der Waals surface area contributed by atoms with Crippen LogP contribution in [0.3, 0.4) is 0 Å². The Hall–Kier alpha value is -1.19. The van der Waals surface area contributed by atoms with Gasteiger partial charge in [-0.1, -0.05) is 11.3 Å². The topological polar surface area (TPSA) is 115 Å². The molecule has 90 valence electrons. The Balaban J connectivity index is 3.15. The minimum Gasteiger partial charge on any atom is -0.385 e. The van der Waals surface area contributed by atoms with Crippen LogP contribution in [0.25, 0.3) is 0 Å². The highest BCUT2D eigenvalue weighted by atomic mass is 32.2. The first-order chi connectivity index (χ1) is 7.24. The predicted octanol–water partition coefficient (Wildman–Crippen LogP) is 0.925. The minimum absolute atomic E-state index is 0.117. The van der Waals surface area contributed by atoms with Crippen LogP contribution in [0.1, 0.15) is 13.8 Å². The van der Waals surface area contributed by atoms with Gasteiger partial charge in [-0.3, -0.25) is 10.1 Å². The van der Waals surface area contributed by atoms with Gasteiger partial charge in [-0.2, -0.15) is 0 Å². The molecule has 0 unspecified atom stereocenters. The van der Waals surface area contributed by atoms with Crippen LogP contribution in [0, 0.1) is 10.1 Å². The van der Waals surface area contributed by atoms with E-state index in [1.54, 1.807) is 13.8 Å². The molecule has 0 saturated carbocycles. The predicted molar refractivity (Wildman–Crippen MR) is 60.8 cm³/mol. The van der Waals surface area contributed by atoms with Gasteiger partial charge in [0.15, 0.2) is 5.00 Å². The molecule has 0 aliphatic rings. The number of thiophene rings is 1. The molecule has 1 rings (SSSR count). The van der Waals surface area contributed by atoms with Crippen LogP contribution in [0.4, 0.5) is 10.7 Å².